The van der Waals surface area contributed by atoms with Crippen LogP contribution in [-0.2, 0) is 11.2 Å². The first kappa shape index (κ1) is 14.5. The summed E-state index contributed by atoms with van der Waals surface area (Å²) >= 11 is 3.39. The van der Waals surface area contributed by atoms with Crippen LogP contribution in [0.1, 0.15) is 5.69 Å². The maximum Gasteiger partial charge on any atom is 0.309 e. The molecule has 0 aliphatic heterocycles. The number of rotatable bonds is 4. The van der Waals surface area contributed by atoms with Crippen molar-refractivity contribution in [3.8, 4) is 17.1 Å². The molecule has 3 rings (SSSR count). The summed E-state index contributed by atoms with van der Waals surface area (Å²) in [6.45, 7) is 0. The van der Waals surface area contributed by atoms with Crippen LogP contribution in [-0.4, -0.2) is 25.8 Å². The second-order valence-electron chi connectivity index (χ2n) is 4.70. The van der Waals surface area contributed by atoms with Gasteiger partial charge in [0, 0.05) is 16.2 Å². The molecule has 0 aliphatic carbocycles. The molecule has 2 heterocycles. The van der Waals surface area contributed by atoms with Gasteiger partial charge in [0.25, 0.3) is 0 Å². The van der Waals surface area contributed by atoms with Crippen molar-refractivity contribution in [3.63, 3.8) is 0 Å². The number of carboxylic acid groups (broad SMARTS) is 1. The van der Waals surface area contributed by atoms with Gasteiger partial charge >= 0.3 is 5.97 Å². The fourth-order valence-electron chi connectivity index (χ4n) is 2.14. The van der Waals surface area contributed by atoms with E-state index in [0.29, 0.717) is 11.5 Å². The zero-order valence-corrected chi connectivity index (χ0v) is 13.1. The Hall–Kier alpha value is -2.47. The molecule has 0 bridgehead atoms. The van der Waals surface area contributed by atoms with Crippen LogP contribution in [0.3, 0.4) is 0 Å². The topological polar surface area (TPSA) is 68.0 Å². The minimum atomic E-state index is -0.903. The van der Waals surface area contributed by atoms with Crippen LogP contribution in [0.2, 0.25) is 0 Å². The highest BCUT2D eigenvalue weighted by atomic mass is 79.9. The summed E-state index contributed by atoms with van der Waals surface area (Å²) < 4.78 is 2.55. The number of nitrogens with zero attached hydrogens (tertiary/aromatic N) is 3. The molecule has 3 aromatic rings. The Balaban J connectivity index is 2.08. The minimum absolute atomic E-state index is 0.111. The van der Waals surface area contributed by atoms with Crippen molar-refractivity contribution in [2.24, 2.45) is 0 Å². The Morgan fingerprint density at radius 3 is 2.59 bits per heavy atom. The third-order valence-electron chi connectivity index (χ3n) is 3.12. The van der Waals surface area contributed by atoms with Crippen LogP contribution in [0.4, 0.5) is 0 Å². The lowest BCUT2D eigenvalue weighted by molar-refractivity contribution is -0.136. The van der Waals surface area contributed by atoms with E-state index in [2.05, 4.69) is 26.0 Å². The Kier molecular flexibility index (Phi) is 4.02. The first-order chi connectivity index (χ1) is 10.6. The molecule has 6 heteroatoms. The quantitative estimate of drug-likeness (QED) is 0.777. The Labute approximate surface area is 135 Å². The van der Waals surface area contributed by atoms with Crippen molar-refractivity contribution in [1.82, 2.24) is 14.8 Å². The number of pyridine rings is 1. The summed E-state index contributed by atoms with van der Waals surface area (Å²) in [6, 6.07) is 14.9. The van der Waals surface area contributed by atoms with Gasteiger partial charge in [-0.2, -0.15) is 5.10 Å². The largest absolute Gasteiger partial charge is 0.481 e. The molecule has 0 fully saturated rings. The van der Waals surface area contributed by atoms with Gasteiger partial charge in [0.1, 0.15) is 0 Å². The summed E-state index contributed by atoms with van der Waals surface area (Å²) in [7, 11) is 0. The van der Waals surface area contributed by atoms with Gasteiger partial charge in [-0.3, -0.25) is 4.79 Å². The van der Waals surface area contributed by atoms with Crippen molar-refractivity contribution >= 4 is 21.9 Å². The summed E-state index contributed by atoms with van der Waals surface area (Å²) in [5, 5.41) is 13.6. The summed E-state index contributed by atoms with van der Waals surface area (Å²) in [4.78, 5) is 15.3. The van der Waals surface area contributed by atoms with Gasteiger partial charge in [-0.25, -0.2) is 9.67 Å². The maximum atomic E-state index is 11.1. The maximum absolute atomic E-state index is 11.1. The average Bonchev–Trinajstić information content (AvgIpc) is 2.92. The number of benzene rings is 1. The van der Waals surface area contributed by atoms with Crippen molar-refractivity contribution in [2.75, 3.05) is 0 Å². The second kappa shape index (κ2) is 6.11. The number of hydrogen-bond donors (Lipinski definition) is 1. The number of carbonyl (C=O) groups is 1. The molecule has 0 atom stereocenters. The highest BCUT2D eigenvalue weighted by Crippen LogP contribution is 2.23. The molecule has 5 nitrogen and oxygen atoms in total. The first-order valence-corrected chi connectivity index (χ1v) is 7.41. The van der Waals surface area contributed by atoms with E-state index in [9.17, 15) is 4.79 Å². The van der Waals surface area contributed by atoms with Crippen molar-refractivity contribution in [3.05, 3.63) is 64.9 Å². The highest BCUT2D eigenvalue weighted by Gasteiger charge is 2.14. The smallest absolute Gasteiger partial charge is 0.309 e. The van der Waals surface area contributed by atoms with E-state index in [4.69, 9.17) is 5.11 Å². The van der Waals surface area contributed by atoms with Crippen LogP contribution in [0.25, 0.3) is 17.1 Å². The summed E-state index contributed by atoms with van der Waals surface area (Å²) in [5.41, 5.74) is 2.23. The molecule has 110 valence electrons. The number of aliphatic carboxylic acids is 1. The van der Waals surface area contributed by atoms with Crippen LogP contribution in [0.5, 0.6) is 0 Å². The van der Waals surface area contributed by atoms with E-state index in [1.165, 1.54) is 0 Å². The highest BCUT2D eigenvalue weighted by molar-refractivity contribution is 9.10. The number of aromatic nitrogens is 3. The molecule has 0 spiro atoms. The normalized spacial score (nSPS) is 10.6. The van der Waals surface area contributed by atoms with Gasteiger partial charge in [0.05, 0.1) is 17.8 Å². The zero-order valence-electron chi connectivity index (χ0n) is 11.5. The molecular weight excluding hydrogens is 346 g/mol. The van der Waals surface area contributed by atoms with E-state index in [1.54, 1.807) is 29.1 Å². The predicted octanol–water partition coefficient (Wildman–Crippen LogP) is 3.32. The summed E-state index contributed by atoms with van der Waals surface area (Å²) in [6.07, 6.45) is 1.54. The third kappa shape index (κ3) is 3.07. The van der Waals surface area contributed by atoms with E-state index < -0.39 is 5.97 Å². The Bertz CT molecular complexity index is 798. The van der Waals surface area contributed by atoms with E-state index in [-0.39, 0.29) is 6.42 Å². The fraction of sp³-hybridized carbons (Fsp3) is 0.0625. The number of hydrogen-bond acceptors (Lipinski definition) is 3. The molecule has 2 aromatic heterocycles. The van der Waals surface area contributed by atoms with Gasteiger partial charge in [-0.15, -0.1) is 0 Å². The van der Waals surface area contributed by atoms with Crippen molar-refractivity contribution < 1.29 is 9.90 Å². The van der Waals surface area contributed by atoms with Crippen LogP contribution in [0.15, 0.2) is 59.2 Å². The molecule has 0 amide bonds. The molecular formula is C16H12BrN3O2. The standard InChI is InChI=1S/C16H12BrN3O2/c17-12-6-4-11(5-7-12)14-9-13(10-16(21)22)20(19-14)15-3-1-2-8-18-15/h1-9H,10H2,(H,21,22). The third-order valence-corrected chi connectivity index (χ3v) is 3.65. The lowest BCUT2D eigenvalue weighted by Gasteiger charge is -2.03. The van der Waals surface area contributed by atoms with Crippen molar-refractivity contribution in [1.29, 1.82) is 0 Å². The molecule has 0 saturated heterocycles. The van der Waals surface area contributed by atoms with Crippen LogP contribution < -0.4 is 0 Å². The first-order valence-electron chi connectivity index (χ1n) is 6.61. The van der Waals surface area contributed by atoms with Crippen LogP contribution in [0, 0.1) is 0 Å². The molecule has 0 unspecified atom stereocenters. The second-order valence-corrected chi connectivity index (χ2v) is 5.61. The molecule has 1 N–H and O–H groups in total. The minimum Gasteiger partial charge on any atom is -0.481 e. The Morgan fingerprint density at radius 2 is 1.95 bits per heavy atom. The van der Waals surface area contributed by atoms with Gasteiger partial charge in [0.2, 0.25) is 0 Å². The lowest BCUT2D eigenvalue weighted by Crippen LogP contribution is -2.08. The molecule has 0 radical (unpaired) electrons. The lowest BCUT2D eigenvalue weighted by atomic mass is 10.1. The molecule has 0 aliphatic rings. The molecule has 1 aromatic carbocycles. The Morgan fingerprint density at radius 1 is 1.18 bits per heavy atom. The number of carboxylic acids is 1. The van der Waals surface area contributed by atoms with Gasteiger partial charge in [-0.1, -0.05) is 34.1 Å². The van der Waals surface area contributed by atoms with Crippen molar-refractivity contribution in [2.45, 2.75) is 6.42 Å². The summed E-state index contributed by atoms with van der Waals surface area (Å²) in [5.74, 6) is -0.304. The average molecular weight is 358 g/mol. The van der Waals surface area contributed by atoms with Crippen LogP contribution >= 0.6 is 15.9 Å². The van der Waals surface area contributed by atoms with Gasteiger partial charge < -0.3 is 5.11 Å². The predicted molar refractivity (Wildman–Crippen MR) is 85.8 cm³/mol. The van der Waals surface area contributed by atoms with Gasteiger partial charge in [0.15, 0.2) is 5.82 Å². The van der Waals surface area contributed by atoms with E-state index >= 15 is 0 Å². The monoisotopic (exact) mass is 357 g/mol. The number of halogens is 1. The van der Waals surface area contributed by atoms with E-state index in [0.717, 1.165) is 15.7 Å². The zero-order chi connectivity index (χ0) is 15.5. The molecule has 0 saturated carbocycles. The van der Waals surface area contributed by atoms with E-state index in [1.807, 2.05) is 30.3 Å². The molecule has 22 heavy (non-hydrogen) atoms. The fourth-order valence-corrected chi connectivity index (χ4v) is 2.40. The van der Waals surface area contributed by atoms with Gasteiger partial charge in [-0.05, 0) is 30.3 Å². The SMILES string of the molecule is O=C(O)Cc1cc(-c2ccc(Br)cc2)nn1-c1ccccn1.